The summed E-state index contributed by atoms with van der Waals surface area (Å²) in [4.78, 5) is 0. The van der Waals surface area contributed by atoms with Crippen LogP contribution in [0, 0.1) is 0 Å². The van der Waals surface area contributed by atoms with E-state index in [4.69, 9.17) is 4.74 Å². The molecule has 2 rings (SSSR count). The van der Waals surface area contributed by atoms with Crippen LogP contribution in [0.15, 0.2) is 34.9 Å². The van der Waals surface area contributed by atoms with Crippen LogP contribution >= 0.6 is 15.9 Å². The number of ether oxygens (including phenoxy) is 1. The molecule has 0 unspecified atom stereocenters. The molecule has 2 aromatic rings. The first kappa shape index (κ1) is 13.6. The second-order valence-electron chi connectivity index (χ2n) is 4.28. The van der Waals surface area contributed by atoms with Gasteiger partial charge in [0.05, 0.1) is 0 Å². The summed E-state index contributed by atoms with van der Waals surface area (Å²) in [6.45, 7) is 3.80. The summed E-state index contributed by atoms with van der Waals surface area (Å²) in [6, 6.07) is 8.45. The first-order valence-electron chi connectivity index (χ1n) is 6.26. The van der Waals surface area contributed by atoms with E-state index in [-0.39, 0.29) is 0 Å². The highest BCUT2D eigenvalue weighted by atomic mass is 79.9. The van der Waals surface area contributed by atoms with Gasteiger partial charge in [-0.15, -0.1) is 0 Å². The molecule has 0 aliphatic carbocycles. The van der Waals surface area contributed by atoms with Crippen LogP contribution in [0.5, 0.6) is 0 Å². The number of aromatic nitrogens is 1. The predicted octanol–water partition coefficient (Wildman–Crippen LogP) is 3.03. The largest absolute Gasteiger partial charge is 0.385 e. The lowest BCUT2D eigenvalue weighted by Gasteiger charge is -2.07. The Kier molecular flexibility index (Phi) is 5.23. The molecule has 0 fully saturated rings. The van der Waals surface area contributed by atoms with Crippen LogP contribution < -0.4 is 5.32 Å². The Morgan fingerprint density at radius 2 is 2.11 bits per heavy atom. The summed E-state index contributed by atoms with van der Waals surface area (Å²) >= 11 is 3.60. The van der Waals surface area contributed by atoms with Crippen molar-refractivity contribution in [3.8, 4) is 0 Å². The smallest absolute Gasteiger partial charge is 0.0492 e. The van der Waals surface area contributed by atoms with Crippen LogP contribution in [-0.4, -0.2) is 31.4 Å². The van der Waals surface area contributed by atoms with Gasteiger partial charge in [-0.1, -0.05) is 18.2 Å². The maximum absolute atomic E-state index is 5.02. The van der Waals surface area contributed by atoms with Gasteiger partial charge in [0.2, 0.25) is 0 Å². The van der Waals surface area contributed by atoms with Crippen molar-refractivity contribution in [1.82, 2.24) is 9.88 Å². The maximum Gasteiger partial charge on any atom is 0.0492 e. The molecule has 0 radical (unpaired) electrons. The molecule has 18 heavy (non-hydrogen) atoms. The van der Waals surface area contributed by atoms with E-state index in [1.54, 1.807) is 7.11 Å². The lowest BCUT2D eigenvalue weighted by molar-refractivity contribution is 0.194. The van der Waals surface area contributed by atoms with Gasteiger partial charge in [0, 0.05) is 48.4 Å². The highest BCUT2D eigenvalue weighted by Gasteiger charge is 2.04. The molecule has 98 valence electrons. The van der Waals surface area contributed by atoms with E-state index in [9.17, 15) is 0 Å². The van der Waals surface area contributed by atoms with Gasteiger partial charge in [-0.3, -0.25) is 0 Å². The maximum atomic E-state index is 5.02. The zero-order valence-electron chi connectivity index (χ0n) is 10.7. The standard InChI is InChI=1S/C14H19BrN2O/c1-18-10-4-7-16-8-9-17-11-13(15)12-5-2-3-6-14(12)17/h2-3,5-6,11,16H,4,7-10H2,1H3. The van der Waals surface area contributed by atoms with Crippen LogP contribution in [-0.2, 0) is 11.3 Å². The number of nitrogens with zero attached hydrogens (tertiary/aromatic N) is 1. The van der Waals surface area contributed by atoms with Gasteiger partial charge in [0.25, 0.3) is 0 Å². The minimum atomic E-state index is 0.824. The predicted molar refractivity (Wildman–Crippen MR) is 79.0 cm³/mol. The van der Waals surface area contributed by atoms with Crippen LogP contribution in [0.3, 0.4) is 0 Å². The van der Waals surface area contributed by atoms with Crippen molar-refractivity contribution in [3.05, 3.63) is 34.9 Å². The summed E-state index contributed by atoms with van der Waals surface area (Å²) < 4.78 is 8.46. The summed E-state index contributed by atoms with van der Waals surface area (Å²) in [5.74, 6) is 0. The molecule has 0 bridgehead atoms. The van der Waals surface area contributed by atoms with Gasteiger partial charge in [0.15, 0.2) is 0 Å². The summed E-state index contributed by atoms with van der Waals surface area (Å²) in [7, 11) is 1.74. The van der Waals surface area contributed by atoms with Crippen molar-refractivity contribution in [2.75, 3.05) is 26.8 Å². The number of rotatable bonds is 7. The summed E-state index contributed by atoms with van der Waals surface area (Å²) in [5, 5.41) is 4.70. The quantitative estimate of drug-likeness (QED) is 0.796. The van der Waals surface area contributed by atoms with Crippen molar-refractivity contribution in [1.29, 1.82) is 0 Å². The van der Waals surface area contributed by atoms with Gasteiger partial charge in [0.1, 0.15) is 0 Å². The van der Waals surface area contributed by atoms with Gasteiger partial charge < -0.3 is 14.6 Å². The Labute approximate surface area is 116 Å². The van der Waals surface area contributed by atoms with E-state index in [0.717, 1.165) is 37.1 Å². The second-order valence-corrected chi connectivity index (χ2v) is 5.14. The fraction of sp³-hybridized carbons (Fsp3) is 0.429. The number of methoxy groups -OCH3 is 1. The summed E-state index contributed by atoms with van der Waals surface area (Å²) in [5.41, 5.74) is 1.28. The number of benzene rings is 1. The third kappa shape index (κ3) is 3.34. The number of para-hydroxylation sites is 1. The first-order valence-corrected chi connectivity index (χ1v) is 7.05. The van der Waals surface area contributed by atoms with Gasteiger partial charge in [-0.25, -0.2) is 0 Å². The molecule has 0 aliphatic rings. The van der Waals surface area contributed by atoms with Crippen molar-refractivity contribution in [2.24, 2.45) is 0 Å². The second kappa shape index (κ2) is 6.92. The summed E-state index contributed by atoms with van der Waals surface area (Å²) in [6.07, 6.45) is 3.22. The van der Waals surface area contributed by atoms with E-state index in [2.05, 4.69) is 56.3 Å². The molecule has 0 aliphatic heterocycles. The van der Waals surface area contributed by atoms with Gasteiger partial charge in [-0.2, -0.15) is 0 Å². The average molecular weight is 311 g/mol. The molecule has 1 aromatic carbocycles. The van der Waals surface area contributed by atoms with Gasteiger partial charge in [-0.05, 0) is 35.0 Å². The molecule has 0 spiro atoms. The minimum absolute atomic E-state index is 0.824. The highest BCUT2D eigenvalue weighted by molar-refractivity contribution is 9.10. The molecule has 4 heteroatoms. The highest BCUT2D eigenvalue weighted by Crippen LogP contribution is 2.25. The number of halogens is 1. The molecule has 0 saturated carbocycles. The van der Waals surface area contributed by atoms with E-state index < -0.39 is 0 Å². The van der Waals surface area contributed by atoms with Gasteiger partial charge >= 0.3 is 0 Å². The Morgan fingerprint density at radius 1 is 1.28 bits per heavy atom. The Balaban J connectivity index is 1.88. The Morgan fingerprint density at radius 3 is 2.94 bits per heavy atom. The van der Waals surface area contributed by atoms with Crippen molar-refractivity contribution < 1.29 is 4.74 Å². The molecule has 0 atom stereocenters. The first-order chi connectivity index (χ1) is 8.83. The van der Waals surface area contributed by atoms with Crippen molar-refractivity contribution in [2.45, 2.75) is 13.0 Å². The van der Waals surface area contributed by atoms with Crippen LogP contribution in [0.2, 0.25) is 0 Å². The van der Waals surface area contributed by atoms with Crippen molar-refractivity contribution >= 4 is 26.8 Å². The van der Waals surface area contributed by atoms with Crippen LogP contribution in [0.4, 0.5) is 0 Å². The number of hydrogen-bond acceptors (Lipinski definition) is 2. The van der Waals surface area contributed by atoms with E-state index in [0.29, 0.717) is 0 Å². The fourth-order valence-electron chi connectivity index (χ4n) is 2.05. The van der Waals surface area contributed by atoms with E-state index >= 15 is 0 Å². The topological polar surface area (TPSA) is 26.2 Å². The zero-order chi connectivity index (χ0) is 12.8. The minimum Gasteiger partial charge on any atom is -0.385 e. The lowest BCUT2D eigenvalue weighted by atomic mass is 10.2. The number of hydrogen-bond donors (Lipinski definition) is 1. The van der Waals surface area contributed by atoms with E-state index in [1.807, 2.05) is 0 Å². The molecular formula is C14H19BrN2O. The molecule has 1 aromatic heterocycles. The molecular weight excluding hydrogens is 292 g/mol. The normalized spacial score (nSPS) is 11.2. The molecule has 1 N–H and O–H groups in total. The Hall–Kier alpha value is -0.840. The van der Waals surface area contributed by atoms with E-state index in [1.165, 1.54) is 10.9 Å². The molecule has 1 heterocycles. The third-order valence-electron chi connectivity index (χ3n) is 2.97. The fourth-order valence-corrected chi connectivity index (χ4v) is 2.64. The molecule has 3 nitrogen and oxygen atoms in total. The average Bonchev–Trinajstić information content (AvgIpc) is 2.71. The molecule has 0 amide bonds. The van der Waals surface area contributed by atoms with Crippen LogP contribution in [0.1, 0.15) is 6.42 Å². The SMILES string of the molecule is COCCCNCCn1cc(Br)c2ccccc21. The van der Waals surface area contributed by atoms with Crippen molar-refractivity contribution in [3.63, 3.8) is 0 Å². The Bertz CT molecular complexity index is 495. The third-order valence-corrected chi connectivity index (χ3v) is 3.60. The van der Waals surface area contributed by atoms with Crippen LogP contribution in [0.25, 0.3) is 10.9 Å². The monoisotopic (exact) mass is 310 g/mol. The number of nitrogens with one attached hydrogen (secondary N) is 1. The zero-order valence-corrected chi connectivity index (χ0v) is 12.2. The lowest BCUT2D eigenvalue weighted by Crippen LogP contribution is -2.21. The number of fused-ring (bicyclic) bond motifs is 1. The molecule has 0 saturated heterocycles.